The summed E-state index contributed by atoms with van der Waals surface area (Å²) in [5, 5.41) is 33.8. The molecular formula is C41H75N2O8P. The summed E-state index contributed by atoms with van der Waals surface area (Å²) in [6.45, 7) is 4.30. The molecule has 0 aromatic heterocycles. The Labute approximate surface area is 317 Å². The summed E-state index contributed by atoms with van der Waals surface area (Å²) in [5.74, 6) is -0.378. The van der Waals surface area contributed by atoms with Crippen LogP contribution in [0.25, 0.3) is 0 Å². The number of phosphoric acid groups is 1. The number of hydrogen-bond acceptors (Lipinski definition) is 8. The molecule has 0 aliphatic rings. The number of aliphatic hydroxyl groups excluding tert-OH is 3. The van der Waals surface area contributed by atoms with E-state index in [9.17, 15) is 29.6 Å². The molecule has 0 radical (unpaired) electrons. The third-order valence-electron chi connectivity index (χ3n) is 8.43. The van der Waals surface area contributed by atoms with Gasteiger partial charge in [0.25, 0.3) is 7.82 Å². The molecule has 1 unspecified atom stereocenters. The number of aliphatic hydroxyl groups is 3. The number of likely N-dealkylation sites (N-methyl/N-ethyl adjacent to an activating group) is 1. The third kappa shape index (κ3) is 33.9. The fourth-order valence-electron chi connectivity index (χ4n) is 5.13. The van der Waals surface area contributed by atoms with E-state index in [0.717, 1.165) is 44.9 Å². The summed E-state index contributed by atoms with van der Waals surface area (Å²) < 4.78 is 23.0. The summed E-state index contributed by atoms with van der Waals surface area (Å²) >= 11 is 0. The lowest BCUT2D eigenvalue weighted by Gasteiger charge is -2.29. The number of nitrogens with one attached hydrogen (secondary N) is 1. The maximum atomic E-state index is 12.8. The monoisotopic (exact) mass is 755 g/mol. The van der Waals surface area contributed by atoms with Gasteiger partial charge in [-0.2, -0.15) is 0 Å². The van der Waals surface area contributed by atoms with Crippen molar-refractivity contribution in [1.29, 1.82) is 0 Å². The largest absolute Gasteiger partial charge is 0.756 e. The fraction of sp³-hybridized carbons (Fsp3) is 0.732. The minimum Gasteiger partial charge on any atom is -0.756 e. The molecule has 0 aromatic rings. The molecule has 0 saturated carbocycles. The first-order chi connectivity index (χ1) is 24.8. The van der Waals surface area contributed by atoms with Crippen molar-refractivity contribution in [2.75, 3.05) is 40.9 Å². The number of phosphoric ester groups is 1. The third-order valence-corrected chi connectivity index (χ3v) is 9.39. The van der Waals surface area contributed by atoms with Crippen LogP contribution in [0.5, 0.6) is 0 Å². The Kier molecular flexibility index (Phi) is 31.4. The summed E-state index contributed by atoms with van der Waals surface area (Å²) in [5.41, 5.74) is 0. The molecule has 0 bridgehead atoms. The van der Waals surface area contributed by atoms with Gasteiger partial charge in [-0.1, -0.05) is 145 Å². The van der Waals surface area contributed by atoms with Crippen LogP contribution in [0.1, 0.15) is 129 Å². The molecule has 0 aliphatic heterocycles. The zero-order valence-electron chi connectivity index (χ0n) is 33.2. The molecule has 0 spiro atoms. The van der Waals surface area contributed by atoms with Crippen molar-refractivity contribution in [3.05, 3.63) is 60.8 Å². The second-order valence-corrected chi connectivity index (χ2v) is 16.1. The molecule has 0 saturated heterocycles. The number of quaternary nitrogens is 1. The number of carbonyl (C=O) groups is 1. The van der Waals surface area contributed by atoms with Crippen LogP contribution in [0, 0.1) is 0 Å². The highest BCUT2D eigenvalue weighted by atomic mass is 31.2. The number of allylic oxidation sites excluding steroid dienone is 7. The summed E-state index contributed by atoms with van der Waals surface area (Å²) in [7, 11) is 1.10. The van der Waals surface area contributed by atoms with Crippen LogP contribution in [-0.4, -0.2) is 91.0 Å². The Morgan fingerprint density at radius 1 is 0.731 bits per heavy atom. The van der Waals surface area contributed by atoms with Crippen LogP contribution in [0.2, 0.25) is 0 Å². The number of hydrogen-bond donors (Lipinski definition) is 4. The van der Waals surface area contributed by atoms with Crippen LogP contribution < -0.4 is 10.2 Å². The first kappa shape index (κ1) is 50.1. The molecule has 0 heterocycles. The Hall–Kier alpha value is -1.88. The van der Waals surface area contributed by atoms with E-state index in [1.807, 2.05) is 57.6 Å². The summed E-state index contributed by atoms with van der Waals surface area (Å²) in [6, 6.07) is -0.994. The smallest absolute Gasteiger partial charge is 0.268 e. The van der Waals surface area contributed by atoms with Crippen molar-refractivity contribution >= 4 is 13.7 Å². The van der Waals surface area contributed by atoms with Gasteiger partial charge in [0.1, 0.15) is 13.2 Å². The van der Waals surface area contributed by atoms with Crippen molar-refractivity contribution in [2.24, 2.45) is 0 Å². The van der Waals surface area contributed by atoms with Crippen LogP contribution >= 0.6 is 7.82 Å². The molecule has 302 valence electrons. The molecule has 10 nitrogen and oxygen atoms in total. The molecule has 0 aromatic carbocycles. The van der Waals surface area contributed by atoms with E-state index in [0.29, 0.717) is 30.3 Å². The number of carbonyl (C=O) groups excluding carboxylic acids is 1. The molecule has 0 rings (SSSR count). The van der Waals surface area contributed by atoms with Gasteiger partial charge in [0.05, 0.1) is 52.1 Å². The first-order valence-electron chi connectivity index (χ1n) is 19.9. The van der Waals surface area contributed by atoms with Crippen LogP contribution in [-0.2, 0) is 18.4 Å². The zero-order valence-corrected chi connectivity index (χ0v) is 34.1. The van der Waals surface area contributed by atoms with Gasteiger partial charge in [-0.3, -0.25) is 9.36 Å². The zero-order chi connectivity index (χ0) is 38.9. The van der Waals surface area contributed by atoms with E-state index in [2.05, 4.69) is 19.2 Å². The lowest BCUT2D eigenvalue weighted by Crippen LogP contribution is -2.45. The molecule has 11 heteroatoms. The number of rotatable bonds is 34. The van der Waals surface area contributed by atoms with Gasteiger partial charge in [0, 0.05) is 6.42 Å². The van der Waals surface area contributed by atoms with Crippen LogP contribution in [0.15, 0.2) is 60.8 Å². The minimum atomic E-state index is -4.65. The average Bonchev–Trinajstić information content (AvgIpc) is 3.07. The van der Waals surface area contributed by atoms with Gasteiger partial charge in [-0.05, 0) is 38.5 Å². The van der Waals surface area contributed by atoms with E-state index in [1.54, 1.807) is 24.3 Å². The van der Waals surface area contributed by atoms with Gasteiger partial charge in [-0.15, -0.1) is 0 Å². The van der Waals surface area contributed by atoms with E-state index in [4.69, 9.17) is 9.05 Å². The first-order valence-corrected chi connectivity index (χ1v) is 21.3. The van der Waals surface area contributed by atoms with E-state index in [-0.39, 0.29) is 18.9 Å². The Balaban J connectivity index is 4.78. The maximum absolute atomic E-state index is 12.8. The Morgan fingerprint density at radius 3 is 1.85 bits per heavy atom. The molecular weight excluding hydrogens is 679 g/mol. The predicted molar refractivity (Wildman–Crippen MR) is 213 cm³/mol. The van der Waals surface area contributed by atoms with E-state index >= 15 is 0 Å². The van der Waals surface area contributed by atoms with Crippen molar-refractivity contribution in [2.45, 2.75) is 154 Å². The highest BCUT2D eigenvalue weighted by molar-refractivity contribution is 7.45. The lowest BCUT2D eigenvalue weighted by molar-refractivity contribution is -0.870. The van der Waals surface area contributed by atoms with E-state index < -0.39 is 38.8 Å². The second-order valence-electron chi connectivity index (χ2n) is 14.7. The average molecular weight is 755 g/mol. The van der Waals surface area contributed by atoms with Gasteiger partial charge >= 0.3 is 0 Å². The second kappa shape index (κ2) is 32.5. The number of unbranched alkanes of at least 4 members (excludes halogenated alkanes) is 11. The van der Waals surface area contributed by atoms with Gasteiger partial charge in [0.15, 0.2) is 0 Å². The topological polar surface area (TPSA) is 148 Å². The highest BCUT2D eigenvalue weighted by Gasteiger charge is 2.23. The maximum Gasteiger partial charge on any atom is 0.268 e. The van der Waals surface area contributed by atoms with Gasteiger partial charge in [-0.25, -0.2) is 0 Å². The fourth-order valence-corrected chi connectivity index (χ4v) is 5.85. The van der Waals surface area contributed by atoms with E-state index in [1.165, 1.54) is 44.9 Å². The summed E-state index contributed by atoms with van der Waals surface area (Å²) in [6.07, 6.45) is 33.3. The minimum absolute atomic E-state index is 0.0468. The number of nitrogens with zero attached hydrogens (tertiary/aromatic N) is 1. The molecule has 52 heavy (non-hydrogen) atoms. The van der Waals surface area contributed by atoms with Crippen molar-refractivity contribution in [3.8, 4) is 0 Å². The normalized spacial score (nSPS) is 16.4. The Bertz CT molecular complexity index is 1070. The molecule has 0 fully saturated rings. The van der Waals surface area contributed by atoms with Crippen molar-refractivity contribution in [3.63, 3.8) is 0 Å². The number of amides is 1. The lowest BCUT2D eigenvalue weighted by atomic mass is 10.1. The highest BCUT2D eigenvalue weighted by Crippen LogP contribution is 2.38. The van der Waals surface area contributed by atoms with Gasteiger partial charge in [0.2, 0.25) is 5.91 Å². The molecule has 1 amide bonds. The quantitative estimate of drug-likeness (QED) is 0.0173. The molecule has 0 aliphatic carbocycles. The van der Waals surface area contributed by atoms with Crippen LogP contribution in [0.4, 0.5) is 0 Å². The summed E-state index contributed by atoms with van der Waals surface area (Å²) in [4.78, 5) is 25.2. The molecule has 4 N–H and O–H groups in total. The standard InChI is InChI=1S/C41H75N2O8P/c1-6-8-10-11-12-13-14-15-19-22-26-32-40(46)39(36-51-52(48,49)50-35-34-43(3,4)5)42-41(47)33-27-31-38(45)30-25-21-18-16-17-20-24-29-37(44)28-23-9-7-2/h17-18,20-21,24-26,29-30,32,37-40,44-46H,6-16,19,22-23,27-28,31,33-36H2,1-5H3,(H-,42,47,48,49)/b20-17-,21-18-,29-24+,30-25+,32-26+/t37-,38-,39+,40-/m1/s1. The van der Waals surface area contributed by atoms with Crippen molar-refractivity contribution in [1.82, 2.24) is 5.32 Å². The van der Waals surface area contributed by atoms with Gasteiger partial charge < -0.3 is 39.1 Å². The predicted octanol–water partition coefficient (Wildman–Crippen LogP) is 7.60. The van der Waals surface area contributed by atoms with Crippen molar-refractivity contribution < 1.29 is 43.1 Å². The SMILES string of the molecule is CCCCCCCCCCC/C=C/[C@@H](O)[C@H](COP(=O)([O-])OCC[N+](C)(C)C)NC(=O)CCC[C@H](O)/C=C/C=C\C/C=C\C=C\[C@H](O)CCCCC. The Morgan fingerprint density at radius 2 is 1.27 bits per heavy atom. The van der Waals surface area contributed by atoms with Crippen LogP contribution in [0.3, 0.4) is 0 Å². The molecule has 5 atom stereocenters.